The highest BCUT2D eigenvalue weighted by Crippen LogP contribution is 2.48. The fraction of sp³-hybridized carbons (Fsp3) is 0.778. The van der Waals surface area contributed by atoms with Gasteiger partial charge in [0.2, 0.25) is 5.13 Å². The van der Waals surface area contributed by atoms with E-state index in [1.54, 1.807) is 24.0 Å². The summed E-state index contributed by atoms with van der Waals surface area (Å²) in [6.07, 6.45) is 3.76. The van der Waals surface area contributed by atoms with Gasteiger partial charge in [-0.05, 0) is 24.7 Å². The predicted octanol–water partition coefficient (Wildman–Crippen LogP) is 1.77. The van der Waals surface area contributed by atoms with Crippen LogP contribution in [0.3, 0.4) is 0 Å². The summed E-state index contributed by atoms with van der Waals surface area (Å²) >= 11 is 1.55. The third-order valence-electron chi connectivity index (χ3n) is 2.77. The number of nitrogens with one attached hydrogen (secondary N) is 1. The summed E-state index contributed by atoms with van der Waals surface area (Å²) in [6.45, 7) is 1.86. The molecule has 5 heteroatoms. The molecule has 0 amide bonds. The molecule has 2 rings (SSSR count). The molecule has 0 radical (unpaired) electrons. The van der Waals surface area contributed by atoms with Crippen molar-refractivity contribution in [2.45, 2.75) is 19.3 Å². The Morgan fingerprint density at radius 3 is 3.07 bits per heavy atom. The summed E-state index contributed by atoms with van der Waals surface area (Å²) in [5.74, 6) is 0. The van der Waals surface area contributed by atoms with Crippen LogP contribution in [0, 0.1) is 5.41 Å². The highest BCUT2D eigenvalue weighted by molar-refractivity contribution is 7.13. The summed E-state index contributed by atoms with van der Waals surface area (Å²) in [7, 11) is 1.76. The Bertz CT molecular complexity index is 272. The lowest BCUT2D eigenvalue weighted by Gasteiger charge is -2.14. The Balaban J connectivity index is 1.75. The molecule has 4 nitrogen and oxygen atoms in total. The second-order valence-corrected chi connectivity index (χ2v) is 4.67. The predicted molar refractivity (Wildman–Crippen MR) is 56.6 cm³/mol. The smallest absolute Gasteiger partial charge is 0.205 e. The Morgan fingerprint density at radius 1 is 1.64 bits per heavy atom. The summed E-state index contributed by atoms with van der Waals surface area (Å²) in [5.41, 5.74) is 2.22. The van der Waals surface area contributed by atoms with E-state index in [1.807, 2.05) is 0 Å². The van der Waals surface area contributed by atoms with Crippen LogP contribution in [0.5, 0.6) is 0 Å². The van der Waals surface area contributed by atoms with E-state index in [1.165, 1.54) is 12.8 Å². The van der Waals surface area contributed by atoms with Gasteiger partial charge in [-0.1, -0.05) is 11.3 Å². The molecule has 1 saturated carbocycles. The fourth-order valence-electron chi connectivity index (χ4n) is 1.52. The SMILES string of the molecule is COCCC1(CNc2nncs2)CC1. The molecule has 1 heterocycles. The lowest BCUT2D eigenvalue weighted by atomic mass is 10.0. The minimum absolute atomic E-state index is 0.474. The van der Waals surface area contributed by atoms with E-state index in [9.17, 15) is 0 Å². The van der Waals surface area contributed by atoms with Crippen molar-refractivity contribution in [3.8, 4) is 0 Å². The number of aromatic nitrogens is 2. The molecule has 0 atom stereocenters. The highest BCUT2D eigenvalue weighted by Gasteiger charge is 2.41. The molecule has 1 aromatic heterocycles. The van der Waals surface area contributed by atoms with Gasteiger partial charge in [0.25, 0.3) is 0 Å². The van der Waals surface area contributed by atoms with Gasteiger partial charge >= 0.3 is 0 Å². The van der Waals surface area contributed by atoms with Gasteiger partial charge < -0.3 is 10.1 Å². The summed E-state index contributed by atoms with van der Waals surface area (Å²) in [4.78, 5) is 0. The summed E-state index contributed by atoms with van der Waals surface area (Å²) < 4.78 is 5.10. The van der Waals surface area contributed by atoms with Crippen LogP contribution < -0.4 is 5.32 Å². The third-order valence-corrected chi connectivity index (χ3v) is 3.42. The number of nitrogens with zero attached hydrogens (tertiary/aromatic N) is 2. The van der Waals surface area contributed by atoms with Crippen LogP contribution in [-0.2, 0) is 4.74 Å². The number of hydrogen-bond acceptors (Lipinski definition) is 5. The van der Waals surface area contributed by atoms with E-state index in [4.69, 9.17) is 4.74 Å². The Hall–Kier alpha value is -0.680. The fourth-order valence-corrected chi connectivity index (χ4v) is 1.97. The van der Waals surface area contributed by atoms with E-state index >= 15 is 0 Å². The van der Waals surface area contributed by atoms with Crippen LogP contribution in [0.25, 0.3) is 0 Å². The third kappa shape index (κ3) is 2.42. The first-order valence-corrected chi connectivity index (χ1v) is 5.72. The number of ether oxygens (including phenoxy) is 1. The van der Waals surface area contributed by atoms with Crippen LogP contribution >= 0.6 is 11.3 Å². The maximum Gasteiger partial charge on any atom is 0.205 e. The molecule has 1 N–H and O–H groups in total. The molecule has 1 aliphatic carbocycles. The first-order valence-electron chi connectivity index (χ1n) is 4.84. The van der Waals surface area contributed by atoms with Crippen molar-refractivity contribution in [1.82, 2.24) is 10.2 Å². The lowest BCUT2D eigenvalue weighted by Crippen LogP contribution is -2.17. The van der Waals surface area contributed by atoms with Crippen LogP contribution in [0.1, 0.15) is 19.3 Å². The van der Waals surface area contributed by atoms with Crippen LogP contribution in [-0.4, -0.2) is 30.5 Å². The molecule has 14 heavy (non-hydrogen) atoms. The molecule has 0 aliphatic heterocycles. The van der Waals surface area contributed by atoms with E-state index in [0.29, 0.717) is 5.41 Å². The normalized spacial score (nSPS) is 18.1. The lowest BCUT2D eigenvalue weighted by molar-refractivity contribution is 0.175. The van der Waals surface area contributed by atoms with Crippen LogP contribution in [0.15, 0.2) is 5.51 Å². The quantitative estimate of drug-likeness (QED) is 0.782. The average Bonchev–Trinajstić information content (AvgIpc) is 2.77. The van der Waals surface area contributed by atoms with Gasteiger partial charge in [-0.3, -0.25) is 0 Å². The van der Waals surface area contributed by atoms with E-state index in [0.717, 1.165) is 24.7 Å². The van der Waals surface area contributed by atoms with E-state index in [2.05, 4.69) is 15.5 Å². The van der Waals surface area contributed by atoms with E-state index < -0.39 is 0 Å². The Labute approximate surface area is 87.7 Å². The zero-order valence-corrected chi connectivity index (χ0v) is 9.14. The van der Waals surface area contributed by atoms with E-state index in [-0.39, 0.29) is 0 Å². The van der Waals surface area contributed by atoms with Gasteiger partial charge in [-0.2, -0.15) is 0 Å². The zero-order chi connectivity index (χ0) is 9.86. The van der Waals surface area contributed by atoms with Gasteiger partial charge in [0.15, 0.2) is 0 Å². The molecule has 1 aromatic rings. The van der Waals surface area contributed by atoms with Gasteiger partial charge in [0.05, 0.1) is 0 Å². The van der Waals surface area contributed by atoms with Crippen molar-refractivity contribution < 1.29 is 4.74 Å². The number of anilines is 1. The zero-order valence-electron chi connectivity index (χ0n) is 8.32. The summed E-state index contributed by atoms with van der Waals surface area (Å²) in [6, 6.07) is 0. The average molecular weight is 213 g/mol. The summed E-state index contributed by atoms with van der Waals surface area (Å²) in [5, 5.41) is 12.0. The maximum absolute atomic E-state index is 5.10. The molecule has 0 aromatic carbocycles. The minimum Gasteiger partial charge on any atom is -0.385 e. The largest absolute Gasteiger partial charge is 0.385 e. The van der Waals surface area contributed by atoms with Gasteiger partial charge in [-0.15, -0.1) is 10.2 Å². The molecular weight excluding hydrogens is 198 g/mol. The van der Waals surface area contributed by atoms with Crippen molar-refractivity contribution >= 4 is 16.5 Å². The number of rotatable bonds is 6. The topological polar surface area (TPSA) is 47.0 Å². The number of hydrogen-bond donors (Lipinski definition) is 1. The molecule has 0 bridgehead atoms. The Morgan fingerprint density at radius 2 is 2.50 bits per heavy atom. The van der Waals surface area contributed by atoms with Crippen molar-refractivity contribution in [2.75, 3.05) is 25.6 Å². The monoisotopic (exact) mass is 213 g/mol. The van der Waals surface area contributed by atoms with Crippen LogP contribution in [0.2, 0.25) is 0 Å². The molecule has 78 valence electrons. The number of methoxy groups -OCH3 is 1. The second-order valence-electron chi connectivity index (χ2n) is 3.84. The maximum atomic E-state index is 5.10. The van der Waals surface area contributed by atoms with Crippen molar-refractivity contribution in [1.29, 1.82) is 0 Å². The van der Waals surface area contributed by atoms with Crippen molar-refractivity contribution in [2.24, 2.45) is 5.41 Å². The minimum atomic E-state index is 0.474. The highest BCUT2D eigenvalue weighted by atomic mass is 32.1. The second kappa shape index (κ2) is 4.23. The first-order chi connectivity index (χ1) is 6.85. The molecule has 0 spiro atoms. The standard InChI is InChI=1S/C9H15N3OS/c1-13-5-4-9(2-3-9)6-10-8-12-11-7-14-8/h7H,2-6H2,1H3,(H,10,12). The molecule has 1 aliphatic rings. The van der Waals surface area contributed by atoms with Crippen LogP contribution in [0.4, 0.5) is 5.13 Å². The molecule has 1 fully saturated rings. The van der Waals surface area contributed by atoms with Gasteiger partial charge in [0, 0.05) is 20.3 Å². The van der Waals surface area contributed by atoms with Crippen molar-refractivity contribution in [3.05, 3.63) is 5.51 Å². The Kier molecular flexibility index (Phi) is 2.98. The van der Waals surface area contributed by atoms with Crippen molar-refractivity contribution in [3.63, 3.8) is 0 Å². The van der Waals surface area contributed by atoms with Gasteiger partial charge in [0.1, 0.15) is 5.51 Å². The first kappa shape index (κ1) is 9.86. The molecular formula is C9H15N3OS. The molecule has 0 unspecified atom stereocenters. The van der Waals surface area contributed by atoms with Gasteiger partial charge in [-0.25, -0.2) is 0 Å². The molecule has 0 saturated heterocycles.